The maximum Gasteiger partial charge on any atom is 0.132 e. The van der Waals surface area contributed by atoms with Gasteiger partial charge < -0.3 is 15.2 Å². The van der Waals surface area contributed by atoms with E-state index in [-0.39, 0.29) is 0 Å². The van der Waals surface area contributed by atoms with Crippen molar-refractivity contribution in [2.24, 2.45) is 0 Å². The van der Waals surface area contributed by atoms with Crippen LogP contribution >= 0.6 is 11.6 Å². The van der Waals surface area contributed by atoms with Crippen LogP contribution in [-0.4, -0.2) is 24.2 Å². The van der Waals surface area contributed by atoms with E-state index in [1.165, 1.54) is 0 Å². The summed E-state index contributed by atoms with van der Waals surface area (Å²) in [6, 6.07) is 9.17. The van der Waals surface area contributed by atoms with Gasteiger partial charge in [-0.1, -0.05) is 11.6 Å². The largest absolute Gasteiger partial charge is 0.497 e. The first kappa shape index (κ1) is 14.4. The number of fused-ring (bicyclic) bond motifs is 1. The van der Waals surface area contributed by atoms with Gasteiger partial charge in [-0.25, -0.2) is 9.97 Å². The summed E-state index contributed by atoms with van der Waals surface area (Å²) >= 11 is 5.88. The zero-order valence-electron chi connectivity index (χ0n) is 12.1. The van der Waals surface area contributed by atoms with Gasteiger partial charge in [0, 0.05) is 29.3 Å². The Morgan fingerprint density at radius 3 is 2.32 bits per heavy atom. The summed E-state index contributed by atoms with van der Waals surface area (Å²) in [5.74, 6) is 1.77. The lowest BCUT2D eigenvalue weighted by atomic mass is 10.0. The standard InChI is InChI=1S/C16H14ClN3O2/c1-21-11-3-9(4-12(6-11)22-2)13-5-10-8-19-15(17)7-14(10)20-16(13)18/h3-8H,1-2H3,(H2,18,20). The van der Waals surface area contributed by atoms with E-state index in [9.17, 15) is 0 Å². The van der Waals surface area contributed by atoms with Crippen molar-refractivity contribution in [2.45, 2.75) is 0 Å². The summed E-state index contributed by atoms with van der Waals surface area (Å²) in [6.07, 6.45) is 1.67. The van der Waals surface area contributed by atoms with Gasteiger partial charge in [-0.05, 0) is 23.8 Å². The van der Waals surface area contributed by atoms with Crippen LogP contribution in [0.15, 0.2) is 36.5 Å². The number of methoxy groups -OCH3 is 2. The summed E-state index contributed by atoms with van der Waals surface area (Å²) < 4.78 is 10.6. The number of nitrogens with zero attached hydrogens (tertiary/aromatic N) is 2. The van der Waals surface area contributed by atoms with Gasteiger partial charge in [-0.3, -0.25) is 0 Å². The van der Waals surface area contributed by atoms with E-state index < -0.39 is 0 Å². The fourth-order valence-electron chi connectivity index (χ4n) is 2.25. The van der Waals surface area contributed by atoms with Gasteiger partial charge in [0.1, 0.15) is 22.5 Å². The minimum Gasteiger partial charge on any atom is -0.497 e. The minimum absolute atomic E-state index is 0.384. The Kier molecular flexibility index (Phi) is 3.73. The molecule has 2 N–H and O–H groups in total. The number of ether oxygens (including phenoxy) is 2. The maximum atomic E-state index is 6.10. The molecule has 0 spiro atoms. The van der Waals surface area contributed by atoms with Gasteiger partial charge in [-0.15, -0.1) is 0 Å². The average molecular weight is 316 g/mol. The van der Waals surface area contributed by atoms with Gasteiger partial charge in [0.05, 0.1) is 19.7 Å². The van der Waals surface area contributed by atoms with Gasteiger partial charge in [0.2, 0.25) is 0 Å². The van der Waals surface area contributed by atoms with E-state index >= 15 is 0 Å². The second-order valence-electron chi connectivity index (χ2n) is 4.72. The highest BCUT2D eigenvalue weighted by Crippen LogP contribution is 2.34. The lowest BCUT2D eigenvalue weighted by molar-refractivity contribution is 0.394. The van der Waals surface area contributed by atoms with Crippen LogP contribution in [0, 0.1) is 0 Å². The molecule has 0 aliphatic heterocycles. The van der Waals surface area contributed by atoms with Crippen molar-refractivity contribution in [3.8, 4) is 22.6 Å². The van der Waals surface area contributed by atoms with E-state index in [2.05, 4.69) is 9.97 Å². The van der Waals surface area contributed by atoms with Crippen LogP contribution in [0.2, 0.25) is 5.15 Å². The zero-order valence-corrected chi connectivity index (χ0v) is 12.9. The number of nitrogen functional groups attached to an aromatic ring is 1. The molecule has 0 bridgehead atoms. The molecule has 2 heterocycles. The number of pyridine rings is 2. The van der Waals surface area contributed by atoms with E-state index in [4.69, 9.17) is 26.8 Å². The number of hydrogen-bond acceptors (Lipinski definition) is 5. The van der Waals surface area contributed by atoms with Crippen LogP contribution in [0.5, 0.6) is 11.5 Å². The van der Waals surface area contributed by atoms with Gasteiger partial charge in [0.25, 0.3) is 0 Å². The monoisotopic (exact) mass is 315 g/mol. The number of rotatable bonds is 3. The fourth-order valence-corrected chi connectivity index (χ4v) is 2.40. The molecule has 0 aliphatic rings. The molecule has 6 heteroatoms. The lowest BCUT2D eigenvalue weighted by Gasteiger charge is -2.11. The normalized spacial score (nSPS) is 10.7. The number of halogens is 1. The minimum atomic E-state index is 0.384. The molecular weight excluding hydrogens is 302 g/mol. The van der Waals surface area contributed by atoms with E-state index in [0.29, 0.717) is 28.0 Å². The number of hydrogen-bond donors (Lipinski definition) is 1. The second-order valence-corrected chi connectivity index (χ2v) is 5.11. The summed E-state index contributed by atoms with van der Waals surface area (Å²) in [6.45, 7) is 0. The number of benzene rings is 1. The first-order valence-corrected chi connectivity index (χ1v) is 6.93. The highest BCUT2D eigenvalue weighted by Gasteiger charge is 2.10. The Morgan fingerprint density at radius 1 is 1.00 bits per heavy atom. The van der Waals surface area contributed by atoms with Crippen molar-refractivity contribution in [3.05, 3.63) is 41.7 Å². The Morgan fingerprint density at radius 2 is 1.68 bits per heavy atom. The Bertz CT molecular complexity index is 830. The molecule has 0 saturated heterocycles. The summed E-state index contributed by atoms with van der Waals surface area (Å²) in [4.78, 5) is 8.47. The molecule has 1 aromatic carbocycles. The number of aromatic nitrogens is 2. The van der Waals surface area contributed by atoms with Crippen molar-refractivity contribution in [3.63, 3.8) is 0 Å². The molecule has 112 valence electrons. The summed E-state index contributed by atoms with van der Waals surface area (Å²) in [5, 5.41) is 1.24. The van der Waals surface area contributed by atoms with Crippen molar-refractivity contribution >= 4 is 28.3 Å². The molecule has 0 fully saturated rings. The lowest BCUT2D eigenvalue weighted by Crippen LogP contribution is -1.96. The van der Waals surface area contributed by atoms with Crippen LogP contribution in [0.25, 0.3) is 22.0 Å². The third kappa shape index (κ3) is 2.63. The molecule has 0 radical (unpaired) electrons. The molecule has 0 amide bonds. The predicted octanol–water partition coefficient (Wildman–Crippen LogP) is 3.55. The molecule has 2 aromatic heterocycles. The highest BCUT2D eigenvalue weighted by atomic mass is 35.5. The second kappa shape index (κ2) is 5.69. The van der Waals surface area contributed by atoms with Crippen LogP contribution < -0.4 is 15.2 Å². The van der Waals surface area contributed by atoms with Crippen molar-refractivity contribution in [1.29, 1.82) is 0 Å². The van der Waals surface area contributed by atoms with Gasteiger partial charge >= 0.3 is 0 Å². The molecule has 0 aliphatic carbocycles. The molecular formula is C16H14ClN3O2. The molecule has 22 heavy (non-hydrogen) atoms. The molecule has 0 atom stereocenters. The van der Waals surface area contributed by atoms with Crippen LogP contribution in [0.1, 0.15) is 0 Å². The van der Waals surface area contributed by atoms with E-state index in [1.54, 1.807) is 32.5 Å². The molecule has 5 nitrogen and oxygen atoms in total. The molecule has 3 rings (SSSR count). The fraction of sp³-hybridized carbons (Fsp3) is 0.125. The zero-order chi connectivity index (χ0) is 15.7. The number of anilines is 1. The maximum absolute atomic E-state index is 6.10. The third-order valence-electron chi connectivity index (χ3n) is 3.36. The van der Waals surface area contributed by atoms with Crippen LogP contribution in [-0.2, 0) is 0 Å². The quantitative estimate of drug-likeness (QED) is 0.748. The van der Waals surface area contributed by atoms with Gasteiger partial charge in [-0.2, -0.15) is 0 Å². The first-order valence-electron chi connectivity index (χ1n) is 6.56. The van der Waals surface area contributed by atoms with Crippen molar-refractivity contribution in [1.82, 2.24) is 9.97 Å². The number of nitrogens with two attached hydrogens (primary N) is 1. The predicted molar refractivity (Wildman–Crippen MR) is 87.5 cm³/mol. The van der Waals surface area contributed by atoms with E-state index in [1.807, 2.05) is 18.2 Å². The smallest absolute Gasteiger partial charge is 0.132 e. The van der Waals surface area contributed by atoms with Gasteiger partial charge in [0.15, 0.2) is 0 Å². The van der Waals surface area contributed by atoms with Crippen molar-refractivity contribution in [2.75, 3.05) is 20.0 Å². The Hall–Kier alpha value is -2.53. The summed E-state index contributed by atoms with van der Waals surface area (Å²) in [5.41, 5.74) is 8.45. The SMILES string of the molecule is COc1cc(OC)cc(-c2cc3cnc(Cl)cc3nc2N)c1. The molecule has 0 unspecified atom stereocenters. The Labute approximate surface area is 132 Å². The highest BCUT2D eigenvalue weighted by molar-refractivity contribution is 6.30. The third-order valence-corrected chi connectivity index (χ3v) is 3.56. The first-order chi connectivity index (χ1) is 10.6. The van der Waals surface area contributed by atoms with Crippen molar-refractivity contribution < 1.29 is 9.47 Å². The Balaban J connectivity index is 2.21. The van der Waals surface area contributed by atoms with Crippen LogP contribution in [0.3, 0.4) is 0 Å². The molecule has 0 saturated carbocycles. The topological polar surface area (TPSA) is 70.3 Å². The van der Waals surface area contributed by atoms with Crippen LogP contribution in [0.4, 0.5) is 5.82 Å². The molecule has 3 aromatic rings. The summed E-state index contributed by atoms with van der Waals surface area (Å²) in [7, 11) is 3.21. The van der Waals surface area contributed by atoms with E-state index in [0.717, 1.165) is 16.5 Å². The average Bonchev–Trinajstić information content (AvgIpc) is 2.53.